The van der Waals surface area contributed by atoms with Crippen molar-refractivity contribution in [1.29, 1.82) is 0 Å². The fraction of sp³-hybridized carbons (Fsp3) is 0.600. The number of hydrogen-bond donors (Lipinski definition) is 0. The van der Waals surface area contributed by atoms with Crippen LogP contribution < -0.4 is 0 Å². The van der Waals surface area contributed by atoms with Gasteiger partial charge in [-0.05, 0) is 37.3 Å². The molecule has 0 heterocycles. The first-order valence-electron chi connectivity index (χ1n) is 7.00. The minimum Gasteiger partial charge on any atom is -0.266 e. The number of rotatable bonds is 8. The number of unbranched alkanes of at least 4 members (excludes halogenated alkanes) is 2. The topological polar surface area (TPSA) is 43.4 Å². The number of aryl methyl sites for hydroxylation is 2. The van der Waals surface area contributed by atoms with Gasteiger partial charge in [-0.1, -0.05) is 44.9 Å². The zero-order valence-corrected chi connectivity index (χ0v) is 12.9. The molecule has 1 rings (SSSR count). The second kappa shape index (κ2) is 7.65. The Balaban J connectivity index is 3.02. The van der Waals surface area contributed by atoms with Gasteiger partial charge in [-0.2, -0.15) is 8.42 Å². The van der Waals surface area contributed by atoms with Crippen LogP contribution in [-0.4, -0.2) is 15.0 Å². The summed E-state index contributed by atoms with van der Waals surface area (Å²) < 4.78 is 29.7. The van der Waals surface area contributed by atoms with Crippen LogP contribution >= 0.6 is 0 Å². The molecule has 1 aromatic rings. The monoisotopic (exact) mass is 284 g/mol. The van der Waals surface area contributed by atoms with Crippen LogP contribution in [0, 0.1) is 6.92 Å². The van der Waals surface area contributed by atoms with Crippen LogP contribution in [0.15, 0.2) is 23.1 Å². The molecule has 0 radical (unpaired) electrons. The van der Waals surface area contributed by atoms with E-state index >= 15 is 0 Å². The lowest BCUT2D eigenvalue weighted by Gasteiger charge is -2.13. The zero-order valence-electron chi connectivity index (χ0n) is 12.1. The fourth-order valence-corrected chi connectivity index (χ4v) is 3.42. The molecular formula is C15H24O3S. The molecular weight excluding hydrogens is 260 g/mol. The van der Waals surface area contributed by atoms with E-state index in [-0.39, 0.29) is 6.61 Å². The van der Waals surface area contributed by atoms with Crippen molar-refractivity contribution < 1.29 is 12.6 Å². The van der Waals surface area contributed by atoms with E-state index in [1.54, 1.807) is 0 Å². The summed E-state index contributed by atoms with van der Waals surface area (Å²) in [7, 11) is -3.62. The minimum atomic E-state index is -3.62. The Hall–Kier alpha value is -0.870. The first kappa shape index (κ1) is 16.2. The fourth-order valence-electron chi connectivity index (χ4n) is 2.01. The predicted octanol–water partition coefficient (Wildman–Crippen LogP) is 3.84. The van der Waals surface area contributed by atoms with Gasteiger partial charge >= 0.3 is 0 Å². The molecule has 0 spiro atoms. The van der Waals surface area contributed by atoms with Gasteiger partial charge in [0.1, 0.15) is 4.90 Å². The quantitative estimate of drug-likeness (QED) is 0.538. The summed E-state index contributed by atoms with van der Waals surface area (Å²) in [6.45, 7) is 6.20. The van der Waals surface area contributed by atoms with E-state index < -0.39 is 10.1 Å². The van der Waals surface area contributed by atoms with Crippen molar-refractivity contribution in [3.63, 3.8) is 0 Å². The van der Waals surface area contributed by atoms with Crippen molar-refractivity contribution in [1.82, 2.24) is 0 Å². The molecule has 108 valence electrons. The van der Waals surface area contributed by atoms with Gasteiger partial charge in [0.25, 0.3) is 10.1 Å². The van der Waals surface area contributed by atoms with E-state index in [0.717, 1.165) is 43.2 Å². The Morgan fingerprint density at radius 2 is 1.79 bits per heavy atom. The van der Waals surface area contributed by atoms with Crippen LogP contribution in [0.4, 0.5) is 0 Å². The molecule has 0 aliphatic rings. The highest BCUT2D eigenvalue weighted by Gasteiger charge is 2.21. The summed E-state index contributed by atoms with van der Waals surface area (Å²) in [5, 5.41) is 0. The molecule has 0 amide bonds. The molecule has 19 heavy (non-hydrogen) atoms. The summed E-state index contributed by atoms with van der Waals surface area (Å²) in [5.74, 6) is 0. The largest absolute Gasteiger partial charge is 0.297 e. The van der Waals surface area contributed by atoms with Crippen molar-refractivity contribution in [2.45, 2.75) is 57.8 Å². The molecule has 0 aliphatic carbocycles. The van der Waals surface area contributed by atoms with Crippen molar-refractivity contribution >= 4 is 10.1 Å². The van der Waals surface area contributed by atoms with Crippen LogP contribution in [0.2, 0.25) is 0 Å². The van der Waals surface area contributed by atoms with Gasteiger partial charge in [0, 0.05) is 0 Å². The van der Waals surface area contributed by atoms with Gasteiger partial charge in [-0.3, -0.25) is 4.18 Å². The van der Waals surface area contributed by atoms with Gasteiger partial charge in [0.05, 0.1) is 6.61 Å². The summed E-state index contributed by atoms with van der Waals surface area (Å²) in [5.41, 5.74) is 1.64. The molecule has 0 N–H and O–H groups in total. The molecule has 0 aromatic heterocycles. The maximum Gasteiger partial charge on any atom is 0.297 e. The van der Waals surface area contributed by atoms with Gasteiger partial charge < -0.3 is 0 Å². The van der Waals surface area contributed by atoms with Crippen molar-refractivity contribution in [2.24, 2.45) is 0 Å². The second-order valence-corrected chi connectivity index (χ2v) is 6.35. The Bertz CT molecular complexity index is 492. The summed E-state index contributed by atoms with van der Waals surface area (Å²) >= 11 is 0. The first-order chi connectivity index (χ1) is 9.03. The van der Waals surface area contributed by atoms with Crippen molar-refractivity contribution in [3.05, 3.63) is 29.3 Å². The van der Waals surface area contributed by atoms with Crippen molar-refractivity contribution in [2.75, 3.05) is 6.61 Å². The normalized spacial score (nSPS) is 11.7. The Labute approximate surface area is 117 Å². The predicted molar refractivity (Wildman–Crippen MR) is 77.8 cm³/mol. The highest BCUT2D eigenvalue weighted by Crippen LogP contribution is 2.24. The van der Waals surface area contributed by atoms with E-state index in [9.17, 15) is 8.42 Å². The highest BCUT2D eigenvalue weighted by atomic mass is 32.2. The van der Waals surface area contributed by atoms with E-state index in [0.29, 0.717) is 4.90 Å². The standard InChI is InChI=1S/C15H24O3S/c1-4-6-10-14-11-8-9-13(3)15(14)19(16,17)18-12-7-5-2/h8-9,11H,4-7,10,12H2,1-3H3. The number of benzene rings is 1. The summed E-state index contributed by atoms with van der Waals surface area (Å²) in [6, 6.07) is 5.62. The molecule has 0 bridgehead atoms. The minimum absolute atomic E-state index is 0.264. The molecule has 0 saturated heterocycles. The van der Waals surface area contributed by atoms with E-state index in [4.69, 9.17) is 4.18 Å². The van der Waals surface area contributed by atoms with Crippen LogP contribution in [0.5, 0.6) is 0 Å². The zero-order chi connectivity index (χ0) is 14.3. The van der Waals surface area contributed by atoms with Crippen LogP contribution in [0.3, 0.4) is 0 Å². The maximum absolute atomic E-state index is 12.3. The summed E-state index contributed by atoms with van der Waals surface area (Å²) in [4.78, 5) is 0.375. The molecule has 0 saturated carbocycles. The lowest BCUT2D eigenvalue weighted by atomic mass is 10.1. The summed E-state index contributed by atoms with van der Waals surface area (Å²) in [6.07, 6.45) is 4.50. The van der Waals surface area contributed by atoms with Gasteiger partial charge in [0.2, 0.25) is 0 Å². The van der Waals surface area contributed by atoms with Crippen LogP contribution in [-0.2, 0) is 20.7 Å². The molecule has 0 fully saturated rings. The molecule has 1 aromatic carbocycles. The van der Waals surface area contributed by atoms with Gasteiger partial charge in [0.15, 0.2) is 0 Å². The van der Waals surface area contributed by atoms with Crippen molar-refractivity contribution in [3.8, 4) is 0 Å². The Kier molecular flexibility index (Phi) is 6.52. The Morgan fingerprint density at radius 1 is 1.11 bits per heavy atom. The third-order valence-corrected chi connectivity index (χ3v) is 4.64. The van der Waals surface area contributed by atoms with E-state index in [1.807, 2.05) is 32.0 Å². The molecule has 0 unspecified atom stereocenters. The molecule has 3 nitrogen and oxygen atoms in total. The van der Waals surface area contributed by atoms with Crippen LogP contribution in [0.25, 0.3) is 0 Å². The Morgan fingerprint density at radius 3 is 2.42 bits per heavy atom. The average molecular weight is 284 g/mol. The number of hydrogen-bond acceptors (Lipinski definition) is 3. The van der Waals surface area contributed by atoms with E-state index in [1.165, 1.54) is 0 Å². The smallest absolute Gasteiger partial charge is 0.266 e. The first-order valence-corrected chi connectivity index (χ1v) is 8.41. The van der Waals surface area contributed by atoms with Crippen LogP contribution in [0.1, 0.15) is 50.7 Å². The SMILES string of the molecule is CCCCOS(=O)(=O)c1c(C)cccc1CCCC. The lowest BCUT2D eigenvalue weighted by molar-refractivity contribution is 0.310. The molecule has 0 atom stereocenters. The third-order valence-electron chi connectivity index (χ3n) is 3.08. The van der Waals surface area contributed by atoms with Gasteiger partial charge in [-0.25, -0.2) is 0 Å². The molecule has 4 heteroatoms. The van der Waals surface area contributed by atoms with E-state index in [2.05, 4.69) is 6.92 Å². The molecule has 0 aliphatic heterocycles. The highest BCUT2D eigenvalue weighted by molar-refractivity contribution is 7.86. The lowest BCUT2D eigenvalue weighted by Crippen LogP contribution is -2.12. The third kappa shape index (κ3) is 4.62. The average Bonchev–Trinajstić information content (AvgIpc) is 2.36. The second-order valence-electron chi connectivity index (χ2n) is 4.80. The maximum atomic E-state index is 12.3. The van der Waals surface area contributed by atoms with Gasteiger partial charge in [-0.15, -0.1) is 0 Å².